The third-order valence-electron chi connectivity index (χ3n) is 8.55. The Hall–Kier alpha value is -2.88. The van der Waals surface area contributed by atoms with Crippen molar-refractivity contribution in [1.29, 1.82) is 0 Å². The summed E-state index contributed by atoms with van der Waals surface area (Å²) in [4.78, 5) is 21.6. The monoisotopic (exact) mass is 494 g/mol. The van der Waals surface area contributed by atoms with Crippen LogP contribution in [0.15, 0.2) is 18.3 Å². The molecular weight excluding hydrogens is 456 g/mol. The number of nitrogens with zero attached hydrogens (tertiary/aromatic N) is 3. The van der Waals surface area contributed by atoms with E-state index in [0.29, 0.717) is 23.3 Å². The molecule has 10 nitrogen and oxygen atoms in total. The molecule has 4 fully saturated rings. The number of aromatic nitrogens is 4. The molecule has 1 atom stereocenters. The van der Waals surface area contributed by atoms with Gasteiger partial charge in [0.15, 0.2) is 5.82 Å². The van der Waals surface area contributed by atoms with Crippen LogP contribution in [-0.2, 0) is 4.74 Å². The molecule has 6 rings (SSSR count). The molecule has 0 aromatic carbocycles. The number of carbonyl (C=O) groups is 1. The van der Waals surface area contributed by atoms with E-state index in [-0.39, 0.29) is 18.1 Å². The highest BCUT2D eigenvalue weighted by Gasteiger charge is 2.45. The fourth-order valence-corrected chi connectivity index (χ4v) is 6.44. The molecular formula is C26H38N8O2. The molecule has 1 aliphatic heterocycles. The van der Waals surface area contributed by atoms with Crippen LogP contribution in [0.4, 0.5) is 22.4 Å². The summed E-state index contributed by atoms with van der Waals surface area (Å²) in [5.74, 6) is 2.74. The van der Waals surface area contributed by atoms with Gasteiger partial charge in [-0.2, -0.15) is 10.1 Å². The number of H-pyrrole nitrogens is 1. The topological polar surface area (TPSA) is 129 Å². The van der Waals surface area contributed by atoms with Gasteiger partial charge in [-0.15, -0.1) is 0 Å². The maximum Gasteiger partial charge on any atom is 0.315 e. The van der Waals surface area contributed by atoms with Gasteiger partial charge in [0.1, 0.15) is 5.82 Å². The molecule has 0 radical (unpaired) electrons. The number of anilines is 3. The van der Waals surface area contributed by atoms with Gasteiger partial charge in [-0.25, -0.2) is 9.78 Å². The van der Waals surface area contributed by atoms with Crippen molar-refractivity contribution in [2.75, 3.05) is 23.8 Å². The highest BCUT2D eigenvalue weighted by molar-refractivity contribution is 5.74. The van der Waals surface area contributed by atoms with Crippen molar-refractivity contribution in [1.82, 2.24) is 30.8 Å². The molecule has 1 spiro atoms. The molecule has 2 amide bonds. The Kier molecular flexibility index (Phi) is 6.69. The van der Waals surface area contributed by atoms with Gasteiger partial charge in [0.2, 0.25) is 5.95 Å². The first-order valence-electron chi connectivity index (χ1n) is 13.7. The Labute approximate surface area is 212 Å². The van der Waals surface area contributed by atoms with Crippen molar-refractivity contribution in [2.24, 2.45) is 5.41 Å². The molecule has 10 heteroatoms. The van der Waals surface area contributed by atoms with E-state index in [2.05, 4.69) is 47.5 Å². The number of carbonyl (C=O) groups excluding carboxylic acids is 1. The molecule has 3 saturated carbocycles. The number of hydrogen-bond acceptors (Lipinski definition) is 7. The minimum atomic E-state index is -0.0229. The lowest BCUT2D eigenvalue weighted by Gasteiger charge is -2.38. The summed E-state index contributed by atoms with van der Waals surface area (Å²) in [5.41, 5.74) is 1.55. The molecule has 3 heterocycles. The van der Waals surface area contributed by atoms with Crippen LogP contribution in [0.3, 0.4) is 0 Å². The molecule has 194 valence electrons. The lowest BCUT2D eigenvalue weighted by Crippen LogP contribution is -2.48. The number of nitrogens with one attached hydrogen (secondary N) is 5. The minimum Gasteiger partial charge on any atom is -0.380 e. The largest absolute Gasteiger partial charge is 0.380 e. The zero-order valence-electron chi connectivity index (χ0n) is 20.9. The maximum absolute atomic E-state index is 12.5. The first kappa shape index (κ1) is 23.5. The molecule has 1 unspecified atom stereocenters. The Morgan fingerprint density at radius 2 is 1.75 bits per heavy atom. The number of hydrogen-bond donors (Lipinski definition) is 5. The molecule has 2 aromatic heterocycles. The first-order valence-corrected chi connectivity index (χ1v) is 13.7. The van der Waals surface area contributed by atoms with E-state index in [0.717, 1.165) is 69.8 Å². The van der Waals surface area contributed by atoms with Crippen LogP contribution in [0, 0.1) is 5.41 Å². The molecule has 4 aliphatic rings. The second kappa shape index (κ2) is 10.2. The molecule has 3 aliphatic carbocycles. The normalized spacial score (nSPS) is 27.5. The van der Waals surface area contributed by atoms with Gasteiger partial charge in [0.25, 0.3) is 0 Å². The summed E-state index contributed by atoms with van der Waals surface area (Å²) >= 11 is 0. The molecule has 1 saturated heterocycles. The number of amides is 2. The Morgan fingerprint density at radius 1 is 0.972 bits per heavy atom. The van der Waals surface area contributed by atoms with Crippen molar-refractivity contribution >= 4 is 23.6 Å². The van der Waals surface area contributed by atoms with Crippen LogP contribution >= 0.6 is 0 Å². The van der Waals surface area contributed by atoms with Gasteiger partial charge in [-0.3, -0.25) is 5.10 Å². The quantitative estimate of drug-likeness (QED) is 0.390. The van der Waals surface area contributed by atoms with E-state index in [9.17, 15) is 4.79 Å². The fourth-order valence-electron chi connectivity index (χ4n) is 6.44. The van der Waals surface area contributed by atoms with Crippen LogP contribution < -0.4 is 21.3 Å². The van der Waals surface area contributed by atoms with Crippen LogP contribution in [0.25, 0.3) is 0 Å². The maximum atomic E-state index is 12.5. The summed E-state index contributed by atoms with van der Waals surface area (Å²) < 4.78 is 5.39. The highest BCUT2D eigenvalue weighted by Crippen LogP contribution is 2.44. The zero-order valence-corrected chi connectivity index (χ0v) is 20.9. The van der Waals surface area contributed by atoms with Crippen molar-refractivity contribution in [3.63, 3.8) is 0 Å². The van der Waals surface area contributed by atoms with E-state index in [1.165, 1.54) is 31.4 Å². The summed E-state index contributed by atoms with van der Waals surface area (Å²) in [6.07, 6.45) is 14.0. The lowest BCUT2D eigenvalue weighted by molar-refractivity contribution is -0.109. The van der Waals surface area contributed by atoms with Crippen molar-refractivity contribution in [3.8, 4) is 0 Å². The van der Waals surface area contributed by atoms with E-state index >= 15 is 0 Å². The fraction of sp³-hybridized carbons (Fsp3) is 0.692. The van der Waals surface area contributed by atoms with Crippen LogP contribution in [0.1, 0.15) is 82.2 Å². The first-order chi connectivity index (χ1) is 17.6. The summed E-state index contributed by atoms with van der Waals surface area (Å²) in [5, 5.41) is 20.8. The van der Waals surface area contributed by atoms with Gasteiger partial charge in [-0.1, -0.05) is 12.8 Å². The summed E-state index contributed by atoms with van der Waals surface area (Å²) in [6.45, 7) is 1.72. The second-order valence-corrected chi connectivity index (χ2v) is 11.3. The van der Waals surface area contributed by atoms with Gasteiger partial charge >= 0.3 is 6.03 Å². The number of rotatable bonds is 7. The van der Waals surface area contributed by atoms with Gasteiger partial charge in [0.05, 0.1) is 13.2 Å². The van der Waals surface area contributed by atoms with Crippen molar-refractivity contribution in [2.45, 2.75) is 94.7 Å². The average Bonchev–Trinajstić information content (AvgIpc) is 3.61. The van der Waals surface area contributed by atoms with Gasteiger partial charge < -0.3 is 26.0 Å². The van der Waals surface area contributed by atoms with Crippen LogP contribution in [-0.4, -0.2) is 57.5 Å². The zero-order chi connectivity index (χ0) is 24.4. The lowest BCUT2D eigenvalue weighted by atomic mass is 9.84. The Morgan fingerprint density at radius 3 is 2.50 bits per heavy atom. The van der Waals surface area contributed by atoms with E-state index in [1.54, 1.807) is 6.20 Å². The third-order valence-corrected chi connectivity index (χ3v) is 8.55. The van der Waals surface area contributed by atoms with Crippen LogP contribution in [0.2, 0.25) is 0 Å². The average molecular weight is 495 g/mol. The molecule has 5 N–H and O–H groups in total. The molecule has 0 bridgehead atoms. The SMILES string of the molecule is O=C(NC1CCC(Nc2nccc(Nc3cc(C4CCCC4)[nH]n3)n2)CC1)NC1CCC2(COC2)C1. The minimum absolute atomic E-state index is 0.0229. The van der Waals surface area contributed by atoms with Crippen molar-refractivity contribution in [3.05, 3.63) is 24.0 Å². The number of aromatic amines is 1. The van der Waals surface area contributed by atoms with Crippen LogP contribution in [0.5, 0.6) is 0 Å². The number of urea groups is 1. The highest BCUT2D eigenvalue weighted by atomic mass is 16.5. The third kappa shape index (κ3) is 5.43. The predicted octanol–water partition coefficient (Wildman–Crippen LogP) is 4.19. The Balaban J connectivity index is 0.939. The number of ether oxygens (including phenoxy) is 1. The predicted molar refractivity (Wildman–Crippen MR) is 137 cm³/mol. The van der Waals surface area contributed by atoms with Gasteiger partial charge in [-0.05, 0) is 63.9 Å². The second-order valence-electron chi connectivity index (χ2n) is 11.3. The summed E-state index contributed by atoms with van der Waals surface area (Å²) in [6, 6.07) is 4.73. The Bertz CT molecular complexity index is 1040. The van der Waals surface area contributed by atoms with Crippen molar-refractivity contribution < 1.29 is 9.53 Å². The standard InChI is InChI=1S/C26H38N8O2/c35-25(30-20-9-11-26(14-20)15-36-16-26)29-19-7-5-18(6-8-19)28-24-27-12-10-22(32-24)31-23-13-21(33-34-23)17-3-1-2-4-17/h10,12-13,17-20H,1-9,11,14-16H2,(H2,29,30,35)(H3,27,28,31,32,33,34). The van der Waals surface area contributed by atoms with E-state index < -0.39 is 0 Å². The van der Waals surface area contributed by atoms with E-state index in [4.69, 9.17) is 4.74 Å². The van der Waals surface area contributed by atoms with Gasteiger partial charge in [0, 0.05) is 47.4 Å². The molecule has 36 heavy (non-hydrogen) atoms. The summed E-state index contributed by atoms with van der Waals surface area (Å²) in [7, 11) is 0. The van der Waals surface area contributed by atoms with E-state index in [1.807, 2.05) is 6.07 Å². The smallest absolute Gasteiger partial charge is 0.315 e. The molecule has 2 aromatic rings.